The van der Waals surface area contributed by atoms with E-state index in [1.807, 2.05) is 20.8 Å². The Labute approximate surface area is 90.1 Å². The maximum absolute atomic E-state index is 5.61. The van der Waals surface area contributed by atoms with Crippen molar-refractivity contribution < 1.29 is 4.74 Å². The first-order valence-corrected chi connectivity index (χ1v) is 5.00. The van der Waals surface area contributed by atoms with Crippen molar-refractivity contribution in [2.75, 3.05) is 18.5 Å². The van der Waals surface area contributed by atoms with E-state index in [2.05, 4.69) is 15.3 Å². The minimum absolute atomic E-state index is 0.195. The monoisotopic (exact) mass is 210 g/mol. The van der Waals surface area contributed by atoms with E-state index in [9.17, 15) is 0 Å². The van der Waals surface area contributed by atoms with Crippen molar-refractivity contribution in [3.63, 3.8) is 0 Å². The number of nitrogens with zero attached hydrogens (tertiary/aromatic N) is 2. The molecule has 5 nitrogen and oxygen atoms in total. The van der Waals surface area contributed by atoms with Gasteiger partial charge < -0.3 is 15.8 Å². The molecule has 0 aliphatic heterocycles. The topological polar surface area (TPSA) is 73.1 Å². The van der Waals surface area contributed by atoms with Crippen LogP contribution in [0, 0.1) is 0 Å². The van der Waals surface area contributed by atoms with Gasteiger partial charge in [-0.15, -0.1) is 0 Å². The van der Waals surface area contributed by atoms with E-state index < -0.39 is 0 Å². The van der Waals surface area contributed by atoms with Gasteiger partial charge in [0.25, 0.3) is 0 Å². The Bertz CT molecular complexity index is 314. The molecule has 0 amide bonds. The number of hydrogen-bond acceptors (Lipinski definition) is 5. The zero-order valence-corrected chi connectivity index (χ0v) is 9.45. The fourth-order valence-electron chi connectivity index (χ4n) is 1.02. The molecule has 1 rings (SSSR count). The number of hydrogen-bond donors (Lipinski definition) is 2. The molecule has 1 aromatic heterocycles. The molecule has 0 bridgehead atoms. The minimum atomic E-state index is -0.195. The predicted molar refractivity (Wildman–Crippen MR) is 60.0 cm³/mol. The van der Waals surface area contributed by atoms with Crippen LogP contribution in [0.25, 0.3) is 0 Å². The molecule has 0 aliphatic rings. The Kier molecular flexibility index (Phi) is 3.85. The second kappa shape index (κ2) is 4.93. The van der Waals surface area contributed by atoms with Gasteiger partial charge in [-0.25, -0.2) is 0 Å². The van der Waals surface area contributed by atoms with Crippen molar-refractivity contribution in [1.82, 2.24) is 9.97 Å². The van der Waals surface area contributed by atoms with Gasteiger partial charge in [-0.3, -0.25) is 4.98 Å². The molecular weight excluding hydrogens is 192 g/mol. The number of ether oxygens (including phenoxy) is 1. The molecule has 1 heterocycles. The Morgan fingerprint density at radius 2 is 2.20 bits per heavy atom. The van der Waals surface area contributed by atoms with Crippen LogP contribution in [0.15, 0.2) is 12.4 Å². The molecule has 0 spiro atoms. The van der Waals surface area contributed by atoms with Crippen LogP contribution in [-0.2, 0) is 0 Å². The standard InChI is InChI=1S/C10H18N4O/c1-4-15-9-6-12-5-8(13-9)14-10(2,3)7-11/h5-6H,4,7,11H2,1-3H3,(H,13,14). The summed E-state index contributed by atoms with van der Waals surface area (Å²) in [6.07, 6.45) is 3.24. The highest BCUT2D eigenvalue weighted by Crippen LogP contribution is 2.13. The lowest BCUT2D eigenvalue weighted by atomic mass is 10.1. The van der Waals surface area contributed by atoms with Gasteiger partial charge in [0.05, 0.1) is 19.0 Å². The van der Waals surface area contributed by atoms with E-state index in [1.165, 1.54) is 0 Å². The molecule has 15 heavy (non-hydrogen) atoms. The molecule has 84 valence electrons. The fraction of sp³-hybridized carbons (Fsp3) is 0.600. The number of rotatable bonds is 5. The van der Waals surface area contributed by atoms with Crippen molar-refractivity contribution >= 4 is 5.82 Å². The van der Waals surface area contributed by atoms with E-state index in [-0.39, 0.29) is 5.54 Å². The SMILES string of the molecule is CCOc1cncc(NC(C)(C)CN)n1. The predicted octanol–water partition coefficient (Wildman–Crippen LogP) is 1.02. The van der Waals surface area contributed by atoms with Crippen molar-refractivity contribution in [3.05, 3.63) is 12.4 Å². The lowest BCUT2D eigenvalue weighted by Gasteiger charge is -2.24. The number of aromatic nitrogens is 2. The van der Waals surface area contributed by atoms with Crippen molar-refractivity contribution in [2.24, 2.45) is 5.73 Å². The fourth-order valence-corrected chi connectivity index (χ4v) is 1.02. The molecule has 0 aliphatic carbocycles. The second-order valence-corrected chi connectivity index (χ2v) is 3.89. The smallest absolute Gasteiger partial charge is 0.234 e. The van der Waals surface area contributed by atoms with E-state index in [4.69, 9.17) is 10.5 Å². The van der Waals surface area contributed by atoms with Gasteiger partial charge >= 0.3 is 0 Å². The first-order chi connectivity index (χ1) is 7.07. The lowest BCUT2D eigenvalue weighted by molar-refractivity contribution is 0.325. The third-order valence-corrected chi connectivity index (χ3v) is 1.88. The molecule has 5 heteroatoms. The third-order valence-electron chi connectivity index (χ3n) is 1.88. The summed E-state index contributed by atoms with van der Waals surface area (Å²) in [7, 11) is 0. The Morgan fingerprint density at radius 3 is 2.80 bits per heavy atom. The Morgan fingerprint density at radius 1 is 1.47 bits per heavy atom. The summed E-state index contributed by atoms with van der Waals surface area (Å²) in [5.41, 5.74) is 5.41. The van der Waals surface area contributed by atoms with Gasteiger partial charge in [0.15, 0.2) is 0 Å². The van der Waals surface area contributed by atoms with Crippen molar-refractivity contribution in [2.45, 2.75) is 26.3 Å². The minimum Gasteiger partial charge on any atom is -0.477 e. The van der Waals surface area contributed by atoms with Gasteiger partial charge in [0.2, 0.25) is 5.88 Å². The van der Waals surface area contributed by atoms with Crippen molar-refractivity contribution in [3.8, 4) is 5.88 Å². The molecule has 0 radical (unpaired) electrons. The lowest BCUT2D eigenvalue weighted by Crippen LogP contribution is -2.39. The zero-order valence-electron chi connectivity index (χ0n) is 9.45. The van der Waals surface area contributed by atoms with Crippen LogP contribution in [-0.4, -0.2) is 28.7 Å². The highest BCUT2D eigenvalue weighted by molar-refractivity contribution is 5.36. The molecule has 3 N–H and O–H groups in total. The maximum atomic E-state index is 5.61. The van der Waals surface area contributed by atoms with Gasteiger partial charge in [-0.2, -0.15) is 4.98 Å². The highest BCUT2D eigenvalue weighted by Gasteiger charge is 2.15. The summed E-state index contributed by atoms with van der Waals surface area (Å²) < 4.78 is 5.25. The van der Waals surface area contributed by atoms with Crippen LogP contribution in [0.4, 0.5) is 5.82 Å². The molecule has 0 aromatic carbocycles. The molecule has 0 saturated carbocycles. The summed E-state index contributed by atoms with van der Waals surface area (Å²) in [5.74, 6) is 1.20. The van der Waals surface area contributed by atoms with Gasteiger partial charge in [0, 0.05) is 12.1 Å². The van der Waals surface area contributed by atoms with E-state index in [1.54, 1.807) is 12.4 Å². The summed E-state index contributed by atoms with van der Waals surface area (Å²) in [5, 5.41) is 3.19. The van der Waals surface area contributed by atoms with Crippen molar-refractivity contribution in [1.29, 1.82) is 0 Å². The molecule has 0 unspecified atom stereocenters. The van der Waals surface area contributed by atoms with E-state index in [0.29, 0.717) is 24.8 Å². The van der Waals surface area contributed by atoms with E-state index in [0.717, 1.165) is 0 Å². The molecule has 0 fully saturated rings. The van der Waals surface area contributed by atoms with Crippen LogP contribution in [0.2, 0.25) is 0 Å². The first-order valence-electron chi connectivity index (χ1n) is 5.00. The van der Waals surface area contributed by atoms with Crippen LogP contribution >= 0.6 is 0 Å². The van der Waals surface area contributed by atoms with Crippen LogP contribution in [0.3, 0.4) is 0 Å². The molecular formula is C10H18N4O. The summed E-state index contributed by atoms with van der Waals surface area (Å²) in [4.78, 5) is 8.28. The first kappa shape index (κ1) is 11.7. The van der Waals surface area contributed by atoms with Crippen LogP contribution < -0.4 is 15.8 Å². The number of nitrogens with one attached hydrogen (secondary N) is 1. The number of anilines is 1. The normalized spacial score (nSPS) is 11.2. The average molecular weight is 210 g/mol. The zero-order chi connectivity index (χ0) is 11.3. The third kappa shape index (κ3) is 3.71. The van der Waals surface area contributed by atoms with Crippen LogP contribution in [0.1, 0.15) is 20.8 Å². The van der Waals surface area contributed by atoms with Gasteiger partial charge in [0.1, 0.15) is 5.82 Å². The Hall–Kier alpha value is -1.36. The van der Waals surface area contributed by atoms with E-state index >= 15 is 0 Å². The van der Waals surface area contributed by atoms with Crippen LogP contribution in [0.5, 0.6) is 5.88 Å². The van der Waals surface area contributed by atoms with Gasteiger partial charge in [-0.05, 0) is 20.8 Å². The molecule has 1 aromatic rings. The highest BCUT2D eigenvalue weighted by atomic mass is 16.5. The quantitative estimate of drug-likeness (QED) is 0.759. The number of nitrogens with two attached hydrogens (primary N) is 1. The van der Waals surface area contributed by atoms with Gasteiger partial charge in [-0.1, -0.05) is 0 Å². The second-order valence-electron chi connectivity index (χ2n) is 3.89. The molecule has 0 atom stereocenters. The largest absolute Gasteiger partial charge is 0.477 e. The summed E-state index contributed by atoms with van der Waals surface area (Å²) in [6.45, 7) is 7.02. The maximum Gasteiger partial charge on any atom is 0.234 e. The molecule has 0 saturated heterocycles. The average Bonchev–Trinajstić information content (AvgIpc) is 2.18. The summed E-state index contributed by atoms with van der Waals surface area (Å²) >= 11 is 0. The Balaban J connectivity index is 2.73. The summed E-state index contributed by atoms with van der Waals surface area (Å²) in [6, 6.07) is 0.